The minimum absolute atomic E-state index is 0.0499. The van der Waals surface area contributed by atoms with E-state index in [0.29, 0.717) is 12.2 Å². The van der Waals surface area contributed by atoms with Crippen LogP contribution in [0.25, 0.3) is 0 Å². The molecule has 2 rings (SSSR count). The quantitative estimate of drug-likeness (QED) is 0.673. The van der Waals surface area contributed by atoms with Crippen molar-refractivity contribution in [1.29, 1.82) is 0 Å². The fraction of sp³-hybridized carbons (Fsp3) is 0.600. The van der Waals surface area contributed by atoms with E-state index in [4.69, 9.17) is 10.5 Å². The average Bonchev–Trinajstić information content (AvgIpc) is 2.92. The van der Waals surface area contributed by atoms with Gasteiger partial charge < -0.3 is 15.4 Å². The highest BCUT2D eigenvalue weighted by Gasteiger charge is 2.42. The molecule has 1 aromatic heterocycles. The first-order chi connectivity index (χ1) is 10.7. The number of nitro groups is 1. The monoisotopic (exact) mass is 322 g/mol. The van der Waals surface area contributed by atoms with E-state index in [-0.39, 0.29) is 17.1 Å². The van der Waals surface area contributed by atoms with Crippen molar-refractivity contribution < 1.29 is 14.5 Å². The molecule has 1 saturated heterocycles. The molecule has 2 heterocycles. The van der Waals surface area contributed by atoms with Crippen LogP contribution in [-0.4, -0.2) is 34.7 Å². The third kappa shape index (κ3) is 3.69. The number of aromatic nitrogens is 1. The molecule has 1 aliphatic heterocycles. The van der Waals surface area contributed by atoms with Crippen molar-refractivity contribution >= 4 is 17.5 Å². The van der Waals surface area contributed by atoms with Gasteiger partial charge in [0.2, 0.25) is 0 Å². The highest BCUT2D eigenvalue weighted by molar-refractivity contribution is 5.66. The van der Waals surface area contributed by atoms with E-state index < -0.39 is 17.1 Å². The molecule has 1 aliphatic rings. The van der Waals surface area contributed by atoms with Crippen LogP contribution in [0.2, 0.25) is 0 Å². The van der Waals surface area contributed by atoms with Gasteiger partial charge in [0, 0.05) is 18.2 Å². The van der Waals surface area contributed by atoms with E-state index in [9.17, 15) is 14.9 Å². The summed E-state index contributed by atoms with van der Waals surface area (Å²) in [5.74, 6) is 0. The molecular formula is C15H22N4O4. The lowest BCUT2D eigenvalue weighted by Crippen LogP contribution is -2.49. The lowest BCUT2D eigenvalue weighted by molar-refractivity contribution is -0.384. The molecule has 8 nitrogen and oxygen atoms in total. The molecule has 8 heteroatoms. The SMILES string of the molecule is CC(C)(C)C(OC(N)=O)[C@H]1CCCN1c1ccncc1[N+](=O)[O-]. The van der Waals surface area contributed by atoms with Gasteiger partial charge in [0.05, 0.1) is 11.0 Å². The van der Waals surface area contributed by atoms with Crippen LogP contribution >= 0.6 is 0 Å². The van der Waals surface area contributed by atoms with E-state index in [0.717, 1.165) is 12.8 Å². The van der Waals surface area contributed by atoms with Crippen molar-refractivity contribution in [3.05, 3.63) is 28.6 Å². The summed E-state index contributed by atoms with van der Waals surface area (Å²) in [4.78, 5) is 27.9. The van der Waals surface area contributed by atoms with Crippen LogP contribution in [0.15, 0.2) is 18.5 Å². The number of carbonyl (C=O) groups excluding carboxylic acids is 1. The smallest absolute Gasteiger partial charge is 0.404 e. The summed E-state index contributed by atoms with van der Waals surface area (Å²) < 4.78 is 5.36. The van der Waals surface area contributed by atoms with E-state index in [2.05, 4.69) is 4.98 Å². The first-order valence-corrected chi connectivity index (χ1v) is 7.53. The predicted molar refractivity (Wildman–Crippen MR) is 85.2 cm³/mol. The van der Waals surface area contributed by atoms with Crippen LogP contribution in [-0.2, 0) is 4.74 Å². The van der Waals surface area contributed by atoms with Gasteiger partial charge in [-0.1, -0.05) is 20.8 Å². The topological polar surface area (TPSA) is 112 Å². The second-order valence-corrected chi connectivity index (χ2v) is 6.75. The maximum absolute atomic E-state index is 11.3. The molecule has 2 N–H and O–H groups in total. The second-order valence-electron chi connectivity index (χ2n) is 6.75. The standard InChI is InChI=1S/C15H22N4O4/c1-15(2,3)13(23-14(16)20)11-5-4-8-18(11)10-6-7-17-9-12(10)19(21)22/h6-7,9,11,13H,4-5,8H2,1-3H3,(H2,16,20)/t11-,13?/m1/s1. The fourth-order valence-corrected chi connectivity index (χ4v) is 3.13. The minimum atomic E-state index is -0.832. The van der Waals surface area contributed by atoms with E-state index in [1.165, 1.54) is 12.4 Å². The summed E-state index contributed by atoms with van der Waals surface area (Å²) in [6, 6.07) is 1.46. The Balaban J connectivity index is 2.39. The predicted octanol–water partition coefficient (Wildman–Crippen LogP) is 2.47. The fourth-order valence-electron chi connectivity index (χ4n) is 3.13. The van der Waals surface area contributed by atoms with Crippen molar-refractivity contribution in [2.24, 2.45) is 11.1 Å². The zero-order valence-electron chi connectivity index (χ0n) is 13.6. The summed E-state index contributed by atoms with van der Waals surface area (Å²) in [6.45, 7) is 6.53. The van der Waals surface area contributed by atoms with E-state index >= 15 is 0 Å². The second kappa shape index (κ2) is 6.39. The molecule has 0 bridgehead atoms. The van der Waals surface area contributed by atoms with E-state index in [1.54, 1.807) is 6.07 Å². The maximum atomic E-state index is 11.3. The molecule has 2 atom stereocenters. The van der Waals surface area contributed by atoms with Gasteiger partial charge in [0.15, 0.2) is 0 Å². The molecule has 1 unspecified atom stereocenters. The average molecular weight is 322 g/mol. The van der Waals surface area contributed by atoms with Gasteiger partial charge in [-0.05, 0) is 18.9 Å². The molecule has 0 aliphatic carbocycles. The third-order valence-electron chi connectivity index (χ3n) is 4.03. The van der Waals surface area contributed by atoms with Crippen LogP contribution in [0.3, 0.4) is 0 Å². The summed E-state index contributed by atoms with van der Waals surface area (Å²) in [6.07, 6.45) is 3.11. The van der Waals surface area contributed by atoms with Crippen LogP contribution in [0.4, 0.5) is 16.2 Å². The first-order valence-electron chi connectivity index (χ1n) is 7.53. The lowest BCUT2D eigenvalue weighted by atomic mass is 9.83. The normalized spacial score (nSPS) is 19.4. The zero-order valence-corrected chi connectivity index (χ0v) is 13.6. The molecule has 23 heavy (non-hydrogen) atoms. The molecule has 1 aromatic rings. The number of anilines is 1. The first kappa shape index (κ1) is 17.0. The highest BCUT2D eigenvalue weighted by atomic mass is 16.6. The Morgan fingerprint density at radius 2 is 2.26 bits per heavy atom. The summed E-state index contributed by atoms with van der Waals surface area (Å²) in [5.41, 5.74) is 5.32. The Hall–Kier alpha value is -2.38. The molecule has 1 fully saturated rings. The van der Waals surface area contributed by atoms with Crippen molar-refractivity contribution in [2.45, 2.75) is 45.8 Å². The maximum Gasteiger partial charge on any atom is 0.404 e. The molecule has 0 aromatic carbocycles. The number of nitrogens with two attached hydrogens (primary N) is 1. The van der Waals surface area contributed by atoms with Gasteiger partial charge >= 0.3 is 11.8 Å². The zero-order chi connectivity index (χ0) is 17.2. The minimum Gasteiger partial charge on any atom is -0.444 e. The van der Waals surface area contributed by atoms with Crippen molar-refractivity contribution in [3.63, 3.8) is 0 Å². The molecular weight excluding hydrogens is 300 g/mol. The lowest BCUT2D eigenvalue weighted by Gasteiger charge is -2.39. The number of hydrogen-bond donors (Lipinski definition) is 1. The third-order valence-corrected chi connectivity index (χ3v) is 4.03. The number of nitrogens with zero attached hydrogens (tertiary/aromatic N) is 3. The molecule has 0 saturated carbocycles. The number of pyridine rings is 1. The number of amides is 1. The molecule has 126 valence electrons. The number of hydrogen-bond acceptors (Lipinski definition) is 6. The number of ether oxygens (including phenoxy) is 1. The van der Waals surface area contributed by atoms with Crippen molar-refractivity contribution in [1.82, 2.24) is 4.98 Å². The van der Waals surface area contributed by atoms with Gasteiger partial charge in [0.25, 0.3) is 0 Å². The largest absolute Gasteiger partial charge is 0.444 e. The molecule has 1 amide bonds. The highest BCUT2D eigenvalue weighted by Crippen LogP contribution is 2.38. The summed E-state index contributed by atoms with van der Waals surface area (Å²) in [7, 11) is 0. The Morgan fingerprint density at radius 3 is 2.83 bits per heavy atom. The molecule has 0 radical (unpaired) electrons. The van der Waals surface area contributed by atoms with Gasteiger partial charge in [-0.15, -0.1) is 0 Å². The number of primary amides is 1. The number of rotatable bonds is 4. The van der Waals surface area contributed by atoms with Crippen LogP contribution in [0.5, 0.6) is 0 Å². The van der Waals surface area contributed by atoms with Crippen LogP contribution < -0.4 is 10.6 Å². The van der Waals surface area contributed by atoms with E-state index in [1.807, 2.05) is 25.7 Å². The van der Waals surface area contributed by atoms with Gasteiger partial charge in [0.1, 0.15) is 18.0 Å². The summed E-state index contributed by atoms with van der Waals surface area (Å²) in [5, 5.41) is 11.3. The van der Waals surface area contributed by atoms with Gasteiger partial charge in [-0.2, -0.15) is 0 Å². The van der Waals surface area contributed by atoms with Gasteiger partial charge in [-0.25, -0.2) is 4.79 Å². The Kier molecular flexibility index (Phi) is 4.72. The van der Waals surface area contributed by atoms with Crippen LogP contribution in [0, 0.1) is 15.5 Å². The van der Waals surface area contributed by atoms with Crippen molar-refractivity contribution in [2.75, 3.05) is 11.4 Å². The Morgan fingerprint density at radius 1 is 1.57 bits per heavy atom. The Labute approximate surface area is 134 Å². The Bertz CT molecular complexity index is 599. The number of carbonyl (C=O) groups is 1. The molecule has 0 spiro atoms. The van der Waals surface area contributed by atoms with Gasteiger partial charge in [-0.3, -0.25) is 15.1 Å². The summed E-state index contributed by atoms with van der Waals surface area (Å²) >= 11 is 0. The van der Waals surface area contributed by atoms with Crippen LogP contribution in [0.1, 0.15) is 33.6 Å². The van der Waals surface area contributed by atoms with Crippen molar-refractivity contribution in [3.8, 4) is 0 Å².